The lowest BCUT2D eigenvalue weighted by molar-refractivity contribution is 0.120. The molecule has 0 spiro atoms. The fourth-order valence-electron chi connectivity index (χ4n) is 5.65. The van der Waals surface area contributed by atoms with Crippen LogP contribution in [0.2, 0.25) is 0 Å². The van der Waals surface area contributed by atoms with Crippen molar-refractivity contribution in [1.29, 1.82) is 0 Å². The van der Waals surface area contributed by atoms with E-state index in [9.17, 15) is 13.0 Å². The Morgan fingerprint density at radius 2 is 1.09 bits per heavy atom. The molecule has 2 saturated heterocycles. The van der Waals surface area contributed by atoms with Crippen molar-refractivity contribution >= 4 is 44.3 Å². The zero-order valence-electron chi connectivity index (χ0n) is 24.4. The Morgan fingerprint density at radius 1 is 0.614 bits per heavy atom. The van der Waals surface area contributed by atoms with Crippen LogP contribution in [0, 0.1) is 0 Å². The Morgan fingerprint density at radius 3 is 1.61 bits per heavy atom. The molecular weight excluding hydrogens is 576 g/mol. The summed E-state index contributed by atoms with van der Waals surface area (Å²) in [6.45, 7) is 4.16. The highest BCUT2D eigenvalue weighted by molar-refractivity contribution is 7.86. The topological polar surface area (TPSA) is 103 Å². The molecule has 0 saturated carbocycles. The predicted octanol–water partition coefficient (Wildman–Crippen LogP) is 5.66. The first-order valence-corrected chi connectivity index (χ1v) is 16.2. The summed E-state index contributed by atoms with van der Waals surface area (Å²) < 4.78 is 49.5. The summed E-state index contributed by atoms with van der Waals surface area (Å²) >= 11 is 0. The second kappa shape index (κ2) is 13.5. The van der Waals surface area contributed by atoms with Gasteiger partial charge in [0.25, 0.3) is 10.1 Å². The Balaban J connectivity index is 1.66. The van der Waals surface area contributed by atoms with Crippen molar-refractivity contribution in [3.05, 3.63) is 114 Å². The smallest absolute Gasteiger partial charge is 0.297 e. The minimum absolute atomic E-state index is 0.148. The molecule has 2 fully saturated rings. The molecule has 4 aromatic rings. The summed E-state index contributed by atoms with van der Waals surface area (Å²) in [5.74, 6) is 0. The van der Waals surface area contributed by atoms with E-state index in [1.807, 2.05) is 102 Å². The van der Waals surface area contributed by atoms with E-state index in [-0.39, 0.29) is 4.90 Å². The largest absolute Gasteiger partial charge is 0.378 e. The van der Waals surface area contributed by atoms with Crippen LogP contribution in [0.3, 0.4) is 0 Å². The van der Waals surface area contributed by atoms with Gasteiger partial charge < -0.3 is 29.9 Å². The van der Waals surface area contributed by atoms with Crippen LogP contribution in [0.25, 0.3) is 11.4 Å². The van der Waals surface area contributed by atoms with Gasteiger partial charge in [-0.2, -0.15) is 8.42 Å². The minimum atomic E-state index is -4.74. The highest BCUT2D eigenvalue weighted by Gasteiger charge is 2.33. The van der Waals surface area contributed by atoms with E-state index in [1.54, 1.807) is 6.07 Å². The van der Waals surface area contributed by atoms with Crippen LogP contribution in [-0.4, -0.2) is 65.6 Å². The molecule has 4 aromatic carbocycles. The number of ether oxygens (including phenoxy) is 2. The number of rotatable bonds is 9. The number of benzene rings is 4. The maximum absolute atomic E-state index is 13.6. The number of para-hydroxylation sites is 2. The number of nitrogens with one attached hydrogen (secondary N) is 2. The first-order valence-electron chi connectivity index (χ1n) is 14.7. The molecule has 2 aliphatic heterocycles. The van der Waals surface area contributed by atoms with Gasteiger partial charge in [-0.05, 0) is 36.4 Å². The third-order valence-electron chi connectivity index (χ3n) is 7.72. The average molecular weight is 613 g/mol. The number of hydrogen-bond donors (Lipinski definition) is 3. The quantitative estimate of drug-likeness (QED) is 0.163. The number of morpholine rings is 2. The van der Waals surface area contributed by atoms with Crippen molar-refractivity contribution < 1.29 is 22.4 Å². The molecule has 228 valence electrons. The van der Waals surface area contributed by atoms with Gasteiger partial charge in [0, 0.05) is 48.7 Å². The standard InChI is InChI=1S/C34H36N4O5S/c39-44(40,41)34-29(16-17-30(37-18-22-42-23-19-37)33(34)38-20-24-43-25-21-38)32(36-28-14-8-3-9-15-28)31(26-10-4-1-5-11-26)35-27-12-6-2-7-13-27/h1-17,35-36H,18-25H2,(H,39,40,41). The van der Waals surface area contributed by atoms with Gasteiger partial charge in [-0.1, -0.05) is 66.7 Å². The first kappa shape index (κ1) is 29.7. The Kier molecular flexibility index (Phi) is 9.13. The first-order chi connectivity index (χ1) is 21.5. The summed E-state index contributed by atoms with van der Waals surface area (Å²) in [5.41, 5.74) is 5.12. The lowest BCUT2D eigenvalue weighted by Gasteiger charge is -2.37. The molecule has 0 unspecified atom stereocenters. The molecular formula is C34H36N4O5S. The van der Waals surface area contributed by atoms with Gasteiger partial charge in [0.1, 0.15) is 4.90 Å². The summed E-state index contributed by atoms with van der Waals surface area (Å²) in [6.07, 6.45) is 0. The van der Waals surface area contributed by atoms with Gasteiger partial charge in [-0.3, -0.25) is 4.55 Å². The summed E-state index contributed by atoms with van der Waals surface area (Å²) in [6, 6.07) is 32.8. The summed E-state index contributed by atoms with van der Waals surface area (Å²) in [7, 11) is -4.74. The summed E-state index contributed by atoms with van der Waals surface area (Å²) in [5, 5.41) is 7.07. The van der Waals surface area contributed by atoms with Gasteiger partial charge >= 0.3 is 0 Å². The SMILES string of the molecule is O=S(=O)(O)c1c(C(Nc2ccccc2)=C(Nc2ccccc2)c2ccccc2)ccc(N2CCOCC2)c1N1CCOCC1. The third-order valence-corrected chi connectivity index (χ3v) is 8.64. The number of hydrogen-bond acceptors (Lipinski definition) is 8. The van der Waals surface area contributed by atoms with Crippen molar-refractivity contribution in [2.24, 2.45) is 0 Å². The predicted molar refractivity (Wildman–Crippen MR) is 176 cm³/mol. The molecule has 6 rings (SSSR count). The van der Waals surface area contributed by atoms with E-state index in [4.69, 9.17) is 9.47 Å². The van der Waals surface area contributed by atoms with E-state index in [0.717, 1.165) is 22.6 Å². The van der Waals surface area contributed by atoms with Gasteiger partial charge in [-0.25, -0.2) is 0 Å². The van der Waals surface area contributed by atoms with Gasteiger partial charge in [0.15, 0.2) is 0 Å². The van der Waals surface area contributed by atoms with Gasteiger partial charge in [0.2, 0.25) is 0 Å². The van der Waals surface area contributed by atoms with Gasteiger partial charge in [0.05, 0.1) is 49.2 Å². The lowest BCUT2D eigenvalue weighted by Crippen LogP contribution is -2.41. The van der Waals surface area contributed by atoms with Crippen LogP contribution >= 0.6 is 0 Å². The van der Waals surface area contributed by atoms with E-state index >= 15 is 0 Å². The van der Waals surface area contributed by atoms with Crippen LogP contribution in [0.1, 0.15) is 11.1 Å². The van der Waals surface area contributed by atoms with Crippen molar-refractivity contribution in [2.75, 3.05) is 73.0 Å². The van der Waals surface area contributed by atoms with E-state index < -0.39 is 10.1 Å². The van der Waals surface area contributed by atoms with E-state index in [0.29, 0.717) is 75.3 Å². The molecule has 9 nitrogen and oxygen atoms in total. The monoisotopic (exact) mass is 612 g/mol. The maximum atomic E-state index is 13.6. The van der Waals surface area contributed by atoms with Crippen molar-refractivity contribution in [3.8, 4) is 0 Å². The fraction of sp³-hybridized carbons (Fsp3) is 0.235. The van der Waals surface area contributed by atoms with Crippen molar-refractivity contribution in [3.63, 3.8) is 0 Å². The highest BCUT2D eigenvalue weighted by Crippen LogP contribution is 2.43. The van der Waals surface area contributed by atoms with Crippen molar-refractivity contribution in [1.82, 2.24) is 0 Å². The normalized spacial score (nSPS) is 16.3. The molecule has 0 radical (unpaired) electrons. The van der Waals surface area contributed by atoms with E-state index in [2.05, 4.69) is 15.5 Å². The van der Waals surface area contributed by atoms with Gasteiger partial charge in [-0.15, -0.1) is 0 Å². The number of nitrogens with zero attached hydrogens (tertiary/aromatic N) is 2. The lowest BCUT2D eigenvalue weighted by atomic mass is 10.0. The molecule has 3 N–H and O–H groups in total. The molecule has 0 aromatic heterocycles. The summed E-state index contributed by atoms with van der Waals surface area (Å²) in [4.78, 5) is 3.99. The zero-order chi connectivity index (χ0) is 30.4. The van der Waals surface area contributed by atoms with Crippen LogP contribution in [0.4, 0.5) is 22.7 Å². The zero-order valence-corrected chi connectivity index (χ0v) is 25.2. The Bertz CT molecular complexity index is 1690. The Hall–Kier alpha value is -4.35. The number of anilines is 4. The van der Waals surface area contributed by atoms with Crippen LogP contribution < -0.4 is 20.4 Å². The highest BCUT2D eigenvalue weighted by atomic mass is 32.2. The second-order valence-electron chi connectivity index (χ2n) is 10.6. The van der Waals surface area contributed by atoms with Crippen LogP contribution in [0.5, 0.6) is 0 Å². The second-order valence-corrected chi connectivity index (χ2v) is 11.9. The van der Waals surface area contributed by atoms with E-state index in [1.165, 1.54) is 0 Å². The molecule has 0 amide bonds. The minimum Gasteiger partial charge on any atom is -0.378 e. The maximum Gasteiger partial charge on any atom is 0.297 e. The molecule has 0 aliphatic carbocycles. The molecule has 2 aliphatic rings. The Labute approximate surface area is 258 Å². The third kappa shape index (κ3) is 6.74. The van der Waals surface area contributed by atoms with Crippen LogP contribution in [-0.2, 0) is 19.6 Å². The molecule has 0 atom stereocenters. The molecule has 0 bridgehead atoms. The molecule has 44 heavy (non-hydrogen) atoms. The fourth-order valence-corrected chi connectivity index (χ4v) is 6.58. The van der Waals surface area contributed by atoms with Crippen LogP contribution in [0.15, 0.2) is 108 Å². The molecule has 2 heterocycles. The molecule has 10 heteroatoms. The average Bonchev–Trinajstić information content (AvgIpc) is 3.07. The van der Waals surface area contributed by atoms with Crippen molar-refractivity contribution in [2.45, 2.75) is 4.90 Å².